The maximum Gasteiger partial charge on any atom is 0.323 e. The van der Waals surface area contributed by atoms with Gasteiger partial charge in [0.2, 0.25) is 0 Å². The molecular weight excluding hydrogens is 194 g/mol. The Morgan fingerprint density at radius 3 is 2.67 bits per heavy atom. The van der Waals surface area contributed by atoms with Crippen LogP contribution in [0.1, 0.15) is 34.1 Å². The Kier molecular flexibility index (Phi) is 4.11. The summed E-state index contributed by atoms with van der Waals surface area (Å²) in [7, 11) is 0. The number of carbonyl (C=O) groups excluding carboxylic acids is 1. The van der Waals surface area contributed by atoms with Gasteiger partial charge in [-0.3, -0.25) is 10.1 Å². The van der Waals surface area contributed by atoms with E-state index in [2.05, 4.69) is 5.32 Å². The van der Waals surface area contributed by atoms with Crippen LogP contribution in [0.5, 0.6) is 0 Å². The second kappa shape index (κ2) is 4.94. The lowest BCUT2D eigenvalue weighted by atomic mass is 10.2. The van der Waals surface area contributed by atoms with Crippen molar-refractivity contribution in [1.29, 1.82) is 0 Å². The van der Waals surface area contributed by atoms with Crippen LogP contribution in [-0.4, -0.2) is 36.9 Å². The van der Waals surface area contributed by atoms with Crippen molar-refractivity contribution in [3.05, 3.63) is 0 Å². The predicted molar refractivity (Wildman–Crippen MR) is 57.7 cm³/mol. The molecule has 15 heavy (non-hydrogen) atoms. The molecule has 1 rings (SSSR count). The van der Waals surface area contributed by atoms with Crippen LogP contribution in [-0.2, 0) is 14.3 Å². The largest absolute Gasteiger partial charge is 0.459 e. The molecule has 1 fully saturated rings. The monoisotopic (exact) mass is 215 g/mol. The lowest BCUT2D eigenvalue weighted by molar-refractivity contribution is -0.157. The van der Waals surface area contributed by atoms with Crippen LogP contribution in [0.3, 0.4) is 0 Å². The third-order valence-corrected chi connectivity index (χ3v) is 2.18. The highest BCUT2D eigenvalue weighted by atomic mass is 16.6. The normalized spacial score (nSPS) is 23.9. The Hall–Kier alpha value is -0.610. The van der Waals surface area contributed by atoms with Crippen molar-refractivity contribution >= 4 is 5.97 Å². The van der Waals surface area contributed by atoms with Gasteiger partial charge in [-0.25, -0.2) is 0 Å². The molecule has 0 bridgehead atoms. The molecule has 1 aliphatic heterocycles. The van der Waals surface area contributed by atoms with Gasteiger partial charge in [0.15, 0.2) is 0 Å². The van der Waals surface area contributed by atoms with Crippen LogP contribution < -0.4 is 5.32 Å². The second-order valence-electron chi connectivity index (χ2n) is 4.98. The molecule has 88 valence electrons. The molecule has 1 heterocycles. The van der Waals surface area contributed by atoms with Crippen molar-refractivity contribution in [2.75, 3.05) is 13.2 Å². The van der Waals surface area contributed by atoms with Gasteiger partial charge in [-0.2, -0.15) is 0 Å². The lowest BCUT2D eigenvalue weighted by Crippen LogP contribution is -2.44. The molecule has 4 nitrogen and oxygen atoms in total. The van der Waals surface area contributed by atoms with Crippen LogP contribution in [0, 0.1) is 0 Å². The molecule has 0 aromatic carbocycles. The van der Waals surface area contributed by atoms with Gasteiger partial charge < -0.3 is 9.47 Å². The number of esters is 1. The second-order valence-corrected chi connectivity index (χ2v) is 4.98. The fraction of sp³-hybridized carbons (Fsp3) is 0.909. The van der Waals surface area contributed by atoms with Gasteiger partial charge >= 0.3 is 5.97 Å². The molecule has 2 unspecified atom stereocenters. The average Bonchev–Trinajstić information content (AvgIpc) is 2.53. The zero-order valence-corrected chi connectivity index (χ0v) is 10.0. The molecule has 0 radical (unpaired) electrons. The minimum atomic E-state index is -0.417. The molecule has 0 aromatic rings. The van der Waals surface area contributed by atoms with Gasteiger partial charge in [-0.05, 0) is 34.1 Å². The number of carbonyl (C=O) groups is 1. The first-order chi connectivity index (χ1) is 6.88. The van der Waals surface area contributed by atoms with Crippen LogP contribution in [0.4, 0.5) is 0 Å². The number of hydrogen-bond acceptors (Lipinski definition) is 4. The molecular formula is C11H21NO3. The first kappa shape index (κ1) is 12.5. The smallest absolute Gasteiger partial charge is 0.323 e. The van der Waals surface area contributed by atoms with Crippen LogP contribution in [0.15, 0.2) is 0 Å². The van der Waals surface area contributed by atoms with Crippen molar-refractivity contribution in [1.82, 2.24) is 5.32 Å². The molecule has 0 spiro atoms. The summed E-state index contributed by atoms with van der Waals surface area (Å²) < 4.78 is 10.5. The Morgan fingerprint density at radius 1 is 1.53 bits per heavy atom. The van der Waals surface area contributed by atoms with E-state index < -0.39 is 5.60 Å². The van der Waals surface area contributed by atoms with E-state index in [0.717, 1.165) is 13.0 Å². The molecule has 0 aromatic heterocycles. The maximum atomic E-state index is 11.6. The van der Waals surface area contributed by atoms with Crippen LogP contribution in [0.2, 0.25) is 0 Å². The summed E-state index contributed by atoms with van der Waals surface area (Å²) in [5.74, 6) is -0.200. The van der Waals surface area contributed by atoms with Crippen molar-refractivity contribution in [3.63, 3.8) is 0 Å². The average molecular weight is 215 g/mol. The van der Waals surface area contributed by atoms with E-state index in [1.165, 1.54) is 0 Å². The molecule has 0 amide bonds. The first-order valence-electron chi connectivity index (χ1n) is 5.45. The Morgan fingerprint density at radius 2 is 2.20 bits per heavy atom. The van der Waals surface area contributed by atoms with E-state index in [1.54, 1.807) is 0 Å². The highest BCUT2D eigenvalue weighted by molar-refractivity contribution is 5.75. The Labute approximate surface area is 91.3 Å². The number of hydrogen-bond donors (Lipinski definition) is 1. The third-order valence-electron chi connectivity index (χ3n) is 2.18. The molecule has 0 aliphatic carbocycles. The summed E-state index contributed by atoms with van der Waals surface area (Å²) >= 11 is 0. The van der Waals surface area contributed by atoms with E-state index in [9.17, 15) is 4.79 Å². The van der Waals surface area contributed by atoms with Gasteiger partial charge in [-0.1, -0.05) is 0 Å². The summed E-state index contributed by atoms with van der Waals surface area (Å²) in [6.45, 7) is 8.90. The van der Waals surface area contributed by atoms with E-state index in [-0.39, 0.29) is 18.1 Å². The molecule has 4 heteroatoms. The summed E-state index contributed by atoms with van der Waals surface area (Å²) in [6.07, 6.45) is 0.965. The van der Waals surface area contributed by atoms with E-state index in [4.69, 9.17) is 9.47 Å². The van der Waals surface area contributed by atoms with Crippen LogP contribution in [0.25, 0.3) is 0 Å². The van der Waals surface area contributed by atoms with Gasteiger partial charge in [0, 0.05) is 12.6 Å². The zero-order chi connectivity index (χ0) is 11.5. The molecule has 2 atom stereocenters. The van der Waals surface area contributed by atoms with E-state index >= 15 is 0 Å². The highest BCUT2D eigenvalue weighted by Gasteiger charge is 2.25. The van der Waals surface area contributed by atoms with Crippen LogP contribution >= 0.6 is 0 Å². The van der Waals surface area contributed by atoms with Crippen molar-refractivity contribution in [3.8, 4) is 0 Å². The predicted octanol–water partition coefficient (Wildman–Crippen LogP) is 1.10. The quantitative estimate of drug-likeness (QED) is 0.716. The molecule has 1 aliphatic rings. The SMILES string of the molecule is CC(NC1CCOC1)C(=O)OC(C)(C)C. The minimum absolute atomic E-state index is 0.200. The summed E-state index contributed by atoms with van der Waals surface area (Å²) in [6, 6.07) is 0.0171. The maximum absolute atomic E-state index is 11.6. The van der Waals surface area contributed by atoms with Gasteiger partial charge in [0.05, 0.1) is 6.61 Å². The molecule has 0 saturated carbocycles. The van der Waals surface area contributed by atoms with E-state index in [0.29, 0.717) is 6.61 Å². The third kappa shape index (κ3) is 4.62. The summed E-state index contributed by atoms with van der Waals surface area (Å²) in [5.41, 5.74) is -0.417. The fourth-order valence-electron chi connectivity index (χ4n) is 1.48. The Bertz CT molecular complexity index is 216. The van der Waals surface area contributed by atoms with E-state index in [1.807, 2.05) is 27.7 Å². The van der Waals surface area contributed by atoms with Gasteiger partial charge in [0.1, 0.15) is 11.6 Å². The summed E-state index contributed by atoms with van der Waals surface area (Å²) in [4.78, 5) is 11.6. The van der Waals surface area contributed by atoms with Crippen molar-refractivity contribution < 1.29 is 14.3 Å². The number of ether oxygens (including phenoxy) is 2. The van der Waals surface area contributed by atoms with Gasteiger partial charge in [0.25, 0.3) is 0 Å². The molecule has 1 saturated heterocycles. The lowest BCUT2D eigenvalue weighted by Gasteiger charge is -2.24. The van der Waals surface area contributed by atoms with Gasteiger partial charge in [-0.15, -0.1) is 0 Å². The zero-order valence-electron chi connectivity index (χ0n) is 10.0. The molecule has 1 N–H and O–H groups in total. The Balaban J connectivity index is 2.32. The number of rotatable bonds is 3. The standard InChI is InChI=1S/C11H21NO3/c1-8(10(13)15-11(2,3)4)12-9-5-6-14-7-9/h8-9,12H,5-7H2,1-4H3. The highest BCUT2D eigenvalue weighted by Crippen LogP contribution is 2.10. The first-order valence-corrected chi connectivity index (χ1v) is 5.45. The number of nitrogens with one attached hydrogen (secondary N) is 1. The van der Waals surface area contributed by atoms with Crippen molar-refractivity contribution in [2.24, 2.45) is 0 Å². The van der Waals surface area contributed by atoms with Crippen molar-refractivity contribution in [2.45, 2.75) is 51.8 Å². The summed E-state index contributed by atoms with van der Waals surface area (Å²) in [5, 5.41) is 3.20. The topological polar surface area (TPSA) is 47.6 Å². The minimum Gasteiger partial charge on any atom is -0.459 e. The fourth-order valence-corrected chi connectivity index (χ4v) is 1.48.